The summed E-state index contributed by atoms with van der Waals surface area (Å²) in [5.41, 5.74) is 3.89. The van der Waals surface area contributed by atoms with Gasteiger partial charge < -0.3 is 9.47 Å². The zero-order valence-electron chi connectivity index (χ0n) is 15.3. The Morgan fingerprint density at radius 1 is 1.35 bits per heavy atom. The highest BCUT2D eigenvalue weighted by Crippen LogP contribution is 2.37. The van der Waals surface area contributed by atoms with E-state index >= 15 is 0 Å². The molecule has 0 radical (unpaired) electrons. The molecule has 0 fully saturated rings. The summed E-state index contributed by atoms with van der Waals surface area (Å²) in [4.78, 5) is 18.4. The maximum atomic E-state index is 11.6. The Kier molecular flexibility index (Phi) is 7.03. The predicted octanol–water partition coefficient (Wildman–Crippen LogP) is 3.62. The molecule has 0 aliphatic carbocycles. The number of benzene rings is 1. The molecule has 0 bridgehead atoms. The fourth-order valence-electron chi connectivity index (χ4n) is 2.19. The number of nitrogens with zero attached hydrogens (tertiary/aromatic N) is 2. The lowest BCUT2D eigenvalue weighted by molar-refractivity contribution is 0.224. The first-order valence-corrected chi connectivity index (χ1v) is 8.83. The van der Waals surface area contributed by atoms with Gasteiger partial charge in [-0.1, -0.05) is 18.5 Å². The highest BCUT2D eigenvalue weighted by atomic mass is 35.5. The largest absolute Gasteiger partial charge is 0.490 e. The molecule has 1 aromatic carbocycles. The molecule has 2 aromatic rings. The van der Waals surface area contributed by atoms with Crippen LogP contribution >= 0.6 is 11.6 Å². The average Bonchev–Trinajstić information content (AvgIpc) is 2.57. The van der Waals surface area contributed by atoms with E-state index in [4.69, 9.17) is 21.1 Å². The zero-order valence-corrected chi connectivity index (χ0v) is 16.1. The molecule has 0 amide bonds. The fourth-order valence-corrected chi connectivity index (χ4v) is 2.45. The highest BCUT2D eigenvalue weighted by molar-refractivity contribution is 6.32. The Balaban J connectivity index is 2.22. The van der Waals surface area contributed by atoms with Crippen molar-refractivity contribution >= 4 is 23.8 Å². The van der Waals surface area contributed by atoms with E-state index in [9.17, 15) is 4.79 Å². The van der Waals surface area contributed by atoms with E-state index in [-0.39, 0.29) is 17.6 Å². The Morgan fingerprint density at radius 3 is 2.77 bits per heavy atom. The first-order chi connectivity index (χ1) is 12.4. The molecule has 0 unspecified atom stereocenters. The molecule has 140 valence electrons. The van der Waals surface area contributed by atoms with Crippen molar-refractivity contribution < 1.29 is 9.47 Å². The molecule has 2 N–H and O–H groups in total. The lowest BCUT2D eigenvalue weighted by Gasteiger charge is -2.16. The van der Waals surface area contributed by atoms with Gasteiger partial charge in [0.25, 0.3) is 5.56 Å². The summed E-state index contributed by atoms with van der Waals surface area (Å²) in [5, 5.41) is 4.53. The third kappa shape index (κ3) is 5.49. The van der Waals surface area contributed by atoms with Gasteiger partial charge in [0, 0.05) is 11.8 Å². The summed E-state index contributed by atoms with van der Waals surface area (Å²) < 4.78 is 11.3. The second-order valence-corrected chi connectivity index (χ2v) is 6.15. The molecule has 0 saturated heterocycles. The lowest BCUT2D eigenvalue weighted by Crippen LogP contribution is -2.11. The van der Waals surface area contributed by atoms with E-state index < -0.39 is 0 Å². The quantitative estimate of drug-likeness (QED) is 0.541. The Labute approximate surface area is 157 Å². The topological polar surface area (TPSA) is 88.6 Å². The van der Waals surface area contributed by atoms with E-state index in [2.05, 4.69) is 20.5 Å². The van der Waals surface area contributed by atoms with Gasteiger partial charge in [-0.15, -0.1) is 0 Å². The Bertz CT molecular complexity index is 834. The Morgan fingerprint density at radius 2 is 2.12 bits per heavy atom. The van der Waals surface area contributed by atoms with Gasteiger partial charge in [-0.05, 0) is 44.9 Å². The summed E-state index contributed by atoms with van der Waals surface area (Å²) in [5.74, 6) is 1.34. The van der Waals surface area contributed by atoms with Gasteiger partial charge >= 0.3 is 0 Å². The average molecular weight is 379 g/mol. The normalized spacial score (nSPS) is 11.2. The molecule has 7 nitrogen and oxygen atoms in total. The number of hydrogen-bond acceptors (Lipinski definition) is 6. The van der Waals surface area contributed by atoms with Crippen molar-refractivity contribution in [3.63, 3.8) is 0 Å². The number of nitrogens with one attached hydrogen (secondary N) is 2. The van der Waals surface area contributed by atoms with Crippen LogP contribution in [0.2, 0.25) is 5.02 Å². The number of H-pyrrole nitrogens is 1. The van der Waals surface area contributed by atoms with Crippen LogP contribution in [0.3, 0.4) is 0 Å². The fraction of sp³-hybridized carbons (Fsp3) is 0.389. The number of halogens is 1. The number of hydrogen-bond donors (Lipinski definition) is 2. The van der Waals surface area contributed by atoms with E-state index in [1.165, 1.54) is 6.07 Å². The van der Waals surface area contributed by atoms with Crippen LogP contribution in [-0.4, -0.2) is 28.9 Å². The van der Waals surface area contributed by atoms with E-state index in [0.29, 0.717) is 35.2 Å². The maximum Gasteiger partial charge on any atom is 0.252 e. The number of aryl methyl sites for hydroxylation is 1. The summed E-state index contributed by atoms with van der Waals surface area (Å²) in [6.07, 6.45) is 2.20. The van der Waals surface area contributed by atoms with Gasteiger partial charge in [0.15, 0.2) is 11.5 Å². The van der Waals surface area contributed by atoms with Crippen LogP contribution in [0.15, 0.2) is 28.1 Å². The molecule has 2 rings (SSSR count). The molecule has 1 aromatic heterocycles. The van der Waals surface area contributed by atoms with Crippen molar-refractivity contribution in [3.8, 4) is 11.5 Å². The minimum absolute atomic E-state index is 0.0263. The smallest absolute Gasteiger partial charge is 0.252 e. The molecule has 0 aliphatic heterocycles. The summed E-state index contributed by atoms with van der Waals surface area (Å²) in [7, 11) is 0. The highest BCUT2D eigenvalue weighted by Gasteiger charge is 2.13. The molecule has 0 aliphatic rings. The van der Waals surface area contributed by atoms with Crippen molar-refractivity contribution in [2.45, 2.75) is 40.2 Å². The molecule has 0 spiro atoms. The van der Waals surface area contributed by atoms with Gasteiger partial charge in [-0.3, -0.25) is 9.78 Å². The van der Waals surface area contributed by atoms with Gasteiger partial charge in [0.1, 0.15) is 0 Å². The van der Waals surface area contributed by atoms with Crippen molar-refractivity contribution in [1.29, 1.82) is 0 Å². The molecule has 1 heterocycles. The third-order valence-corrected chi connectivity index (χ3v) is 3.51. The van der Waals surface area contributed by atoms with E-state index in [1.807, 2.05) is 27.7 Å². The van der Waals surface area contributed by atoms with Gasteiger partial charge in [0.2, 0.25) is 5.95 Å². The summed E-state index contributed by atoms with van der Waals surface area (Å²) in [6, 6.07) is 4.97. The number of aromatic amines is 1. The van der Waals surface area contributed by atoms with E-state index in [1.54, 1.807) is 18.3 Å². The van der Waals surface area contributed by atoms with Crippen molar-refractivity contribution in [2.75, 3.05) is 12.0 Å². The first-order valence-electron chi connectivity index (χ1n) is 8.45. The molecule has 8 heteroatoms. The summed E-state index contributed by atoms with van der Waals surface area (Å²) in [6.45, 7) is 8.14. The number of hydrazone groups is 1. The number of anilines is 1. The van der Waals surface area contributed by atoms with Crippen LogP contribution in [0, 0.1) is 0 Å². The molecule has 0 saturated carbocycles. The van der Waals surface area contributed by atoms with Gasteiger partial charge in [-0.25, -0.2) is 10.4 Å². The van der Waals surface area contributed by atoms with Crippen LogP contribution in [-0.2, 0) is 6.42 Å². The second-order valence-electron chi connectivity index (χ2n) is 5.74. The van der Waals surface area contributed by atoms with Crippen molar-refractivity contribution in [2.24, 2.45) is 5.10 Å². The van der Waals surface area contributed by atoms with Crippen molar-refractivity contribution in [1.82, 2.24) is 9.97 Å². The number of aromatic nitrogens is 2. The van der Waals surface area contributed by atoms with Crippen LogP contribution in [0.5, 0.6) is 11.5 Å². The van der Waals surface area contributed by atoms with Crippen LogP contribution < -0.4 is 20.5 Å². The first kappa shape index (κ1) is 19.8. The lowest BCUT2D eigenvalue weighted by atomic mass is 10.2. The molecule has 26 heavy (non-hydrogen) atoms. The summed E-state index contributed by atoms with van der Waals surface area (Å²) >= 11 is 6.32. The minimum atomic E-state index is -0.230. The maximum absolute atomic E-state index is 11.6. The monoisotopic (exact) mass is 378 g/mol. The SMILES string of the molecule is CCOc1cc(/C=N\Nc2nc(CC)cc(=O)[nH]2)cc(Cl)c1OC(C)C. The third-order valence-electron chi connectivity index (χ3n) is 3.23. The zero-order chi connectivity index (χ0) is 19.1. The molecular weight excluding hydrogens is 356 g/mol. The van der Waals surface area contributed by atoms with Gasteiger partial charge in [0.05, 0.1) is 23.9 Å². The standard InChI is InChI=1S/C18H23ClN4O3/c1-5-13-9-16(24)22-18(21-13)23-20-10-12-7-14(19)17(26-11(3)4)15(8-12)25-6-2/h7-11H,5-6H2,1-4H3,(H2,21,22,23,24)/b20-10-. The van der Waals surface area contributed by atoms with Crippen LogP contribution in [0.25, 0.3) is 0 Å². The van der Waals surface area contributed by atoms with Crippen molar-refractivity contribution in [3.05, 3.63) is 44.8 Å². The number of ether oxygens (including phenoxy) is 2. The molecular formula is C18H23ClN4O3. The Hall–Kier alpha value is -2.54. The van der Waals surface area contributed by atoms with Crippen LogP contribution in [0.4, 0.5) is 5.95 Å². The number of rotatable bonds is 8. The minimum Gasteiger partial charge on any atom is -0.490 e. The van der Waals surface area contributed by atoms with Gasteiger partial charge in [-0.2, -0.15) is 5.10 Å². The molecule has 0 atom stereocenters. The predicted molar refractivity (Wildman–Crippen MR) is 104 cm³/mol. The second kappa shape index (κ2) is 9.24. The van der Waals surface area contributed by atoms with Crippen LogP contribution in [0.1, 0.15) is 39.0 Å². The van der Waals surface area contributed by atoms with E-state index in [0.717, 1.165) is 5.56 Å².